The summed E-state index contributed by atoms with van der Waals surface area (Å²) in [4.78, 5) is 40.4. The molecule has 1 aliphatic rings. The number of hydrogen-bond donors (Lipinski definition) is 1. The van der Waals surface area contributed by atoms with Crippen LogP contribution in [0.1, 0.15) is 28.8 Å². The van der Waals surface area contributed by atoms with Gasteiger partial charge in [0.2, 0.25) is 5.91 Å². The number of hydrogen-bond acceptors (Lipinski definition) is 6. The minimum absolute atomic E-state index is 0.0236. The van der Waals surface area contributed by atoms with E-state index in [0.29, 0.717) is 0 Å². The molecule has 1 aliphatic heterocycles. The standard InChI is InChI=1S/C25H22F4N4O5/c1-3-33-23(35)19(8-9-30-33)32-12-16(20-17(26)10-15(37-2)11-18(20)27)21(24(32)36)31-22(34)13-4-6-14(7-5-13)38-25(28)29/h4-11,16,21,25H,3,12H2,1-2H3,(H,31,34)/t16-,21-/m0/s1. The largest absolute Gasteiger partial charge is 0.497 e. The van der Waals surface area contributed by atoms with E-state index >= 15 is 8.78 Å². The number of methoxy groups -OCH3 is 1. The van der Waals surface area contributed by atoms with Gasteiger partial charge < -0.3 is 19.7 Å². The molecular formula is C25H22F4N4O5. The van der Waals surface area contributed by atoms with Crippen LogP contribution in [0.25, 0.3) is 0 Å². The first kappa shape index (κ1) is 26.6. The summed E-state index contributed by atoms with van der Waals surface area (Å²) in [6.07, 6.45) is 1.31. The summed E-state index contributed by atoms with van der Waals surface area (Å²) in [6.45, 7) is -1.49. The molecule has 200 valence electrons. The van der Waals surface area contributed by atoms with Gasteiger partial charge in [0, 0.05) is 48.5 Å². The summed E-state index contributed by atoms with van der Waals surface area (Å²) < 4.78 is 65.3. The van der Waals surface area contributed by atoms with Gasteiger partial charge in [-0.25, -0.2) is 13.5 Å². The Morgan fingerprint density at radius 2 is 1.76 bits per heavy atom. The summed E-state index contributed by atoms with van der Waals surface area (Å²) in [5, 5.41) is 6.39. The van der Waals surface area contributed by atoms with Crippen molar-refractivity contribution in [3.63, 3.8) is 0 Å². The van der Waals surface area contributed by atoms with Crippen LogP contribution >= 0.6 is 0 Å². The molecule has 13 heteroatoms. The van der Waals surface area contributed by atoms with Crippen LogP contribution < -0.4 is 25.2 Å². The first-order valence-corrected chi connectivity index (χ1v) is 11.4. The maximum absolute atomic E-state index is 15.1. The van der Waals surface area contributed by atoms with Crippen molar-refractivity contribution in [2.75, 3.05) is 18.6 Å². The summed E-state index contributed by atoms with van der Waals surface area (Å²) in [6, 6.07) is 6.37. The highest BCUT2D eigenvalue weighted by Crippen LogP contribution is 2.36. The zero-order chi connectivity index (χ0) is 27.6. The van der Waals surface area contributed by atoms with E-state index in [-0.39, 0.29) is 35.8 Å². The lowest BCUT2D eigenvalue weighted by Crippen LogP contribution is -2.44. The Bertz CT molecular complexity index is 1390. The first-order chi connectivity index (χ1) is 18.1. The van der Waals surface area contributed by atoms with Gasteiger partial charge in [-0.15, -0.1) is 0 Å². The quantitative estimate of drug-likeness (QED) is 0.446. The van der Waals surface area contributed by atoms with Crippen LogP contribution in [0, 0.1) is 11.6 Å². The molecule has 1 saturated heterocycles. The topological polar surface area (TPSA) is 103 Å². The van der Waals surface area contributed by atoms with Crippen LogP contribution in [0.4, 0.5) is 23.2 Å². The third-order valence-corrected chi connectivity index (χ3v) is 6.08. The van der Waals surface area contributed by atoms with Gasteiger partial charge in [-0.1, -0.05) is 0 Å². The van der Waals surface area contributed by atoms with Crippen molar-refractivity contribution < 1.29 is 36.6 Å². The molecule has 0 unspecified atom stereocenters. The van der Waals surface area contributed by atoms with Crippen molar-refractivity contribution in [2.45, 2.75) is 32.0 Å². The van der Waals surface area contributed by atoms with E-state index in [9.17, 15) is 23.2 Å². The molecule has 3 aromatic rings. The van der Waals surface area contributed by atoms with E-state index < -0.39 is 53.1 Å². The van der Waals surface area contributed by atoms with E-state index in [4.69, 9.17) is 4.74 Å². The maximum atomic E-state index is 15.1. The number of anilines is 1. The van der Waals surface area contributed by atoms with Gasteiger partial charge >= 0.3 is 6.61 Å². The van der Waals surface area contributed by atoms with Gasteiger partial charge in [0.05, 0.1) is 7.11 Å². The third kappa shape index (κ3) is 5.17. The minimum Gasteiger partial charge on any atom is -0.497 e. The Morgan fingerprint density at radius 1 is 1.11 bits per heavy atom. The van der Waals surface area contributed by atoms with E-state index in [0.717, 1.165) is 33.8 Å². The van der Waals surface area contributed by atoms with Crippen molar-refractivity contribution in [2.24, 2.45) is 0 Å². The molecule has 1 fully saturated rings. The monoisotopic (exact) mass is 534 g/mol. The molecule has 2 amide bonds. The second kappa shape index (κ2) is 10.9. The van der Waals surface area contributed by atoms with Gasteiger partial charge in [0.1, 0.15) is 34.9 Å². The number of nitrogens with one attached hydrogen (secondary N) is 1. The van der Waals surface area contributed by atoms with Crippen LogP contribution in [0.5, 0.6) is 11.5 Å². The lowest BCUT2D eigenvalue weighted by atomic mass is 9.92. The number of alkyl halides is 2. The molecule has 9 nitrogen and oxygen atoms in total. The Hall–Kier alpha value is -4.42. The molecule has 1 N–H and O–H groups in total. The van der Waals surface area contributed by atoms with Crippen LogP contribution in [-0.4, -0.2) is 47.9 Å². The van der Waals surface area contributed by atoms with Crippen molar-refractivity contribution in [1.29, 1.82) is 0 Å². The average molecular weight is 534 g/mol. The number of carbonyl (C=O) groups excluding carboxylic acids is 2. The number of aromatic nitrogens is 2. The smallest absolute Gasteiger partial charge is 0.387 e. The second-order valence-electron chi connectivity index (χ2n) is 8.25. The van der Waals surface area contributed by atoms with Crippen LogP contribution in [0.15, 0.2) is 53.5 Å². The molecule has 0 saturated carbocycles. The van der Waals surface area contributed by atoms with Crippen molar-refractivity contribution in [3.05, 3.63) is 81.8 Å². The number of ether oxygens (including phenoxy) is 2. The maximum Gasteiger partial charge on any atom is 0.387 e. The van der Waals surface area contributed by atoms with Crippen molar-refractivity contribution in [3.8, 4) is 11.5 Å². The number of rotatable bonds is 8. The molecule has 0 radical (unpaired) electrons. The summed E-state index contributed by atoms with van der Waals surface area (Å²) in [5.41, 5.74) is -1.17. The Kier molecular flexibility index (Phi) is 7.65. The van der Waals surface area contributed by atoms with Gasteiger partial charge in [-0.05, 0) is 37.3 Å². The minimum atomic E-state index is -3.06. The fraction of sp³-hybridized carbons (Fsp3) is 0.280. The highest BCUT2D eigenvalue weighted by molar-refractivity contribution is 6.05. The Morgan fingerprint density at radius 3 is 2.34 bits per heavy atom. The van der Waals surface area contributed by atoms with Gasteiger partial charge in [-0.3, -0.25) is 14.4 Å². The number of amides is 2. The number of halogens is 4. The second-order valence-corrected chi connectivity index (χ2v) is 8.25. The zero-order valence-corrected chi connectivity index (χ0v) is 20.2. The third-order valence-electron chi connectivity index (χ3n) is 6.08. The molecular weight excluding hydrogens is 512 g/mol. The first-order valence-electron chi connectivity index (χ1n) is 11.4. The highest BCUT2D eigenvalue weighted by Gasteiger charge is 2.46. The molecule has 0 spiro atoms. The van der Waals surface area contributed by atoms with Crippen LogP contribution in [0.2, 0.25) is 0 Å². The fourth-order valence-corrected chi connectivity index (χ4v) is 4.29. The molecule has 2 atom stereocenters. The zero-order valence-electron chi connectivity index (χ0n) is 20.2. The molecule has 2 heterocycles. The number of nitrogens with zero attached hydrogens (tertiary/aromatic N) is 3. The van der Waals surface area contributed by atoms with Gasteiger partial charge in [0.25, 0.3) is 11.5 Å². The fourth-order valence-electron chi connectivity index (χ4n) is 4.29. The van der Waals surface area contributed by atoms with E-state index in [2.05, 4.69) is 15.2 Å². The van der Waals surface area contributed by atoms with E-state index in [1.54, 1.807) is 6.92 Å². The lowest BCUT2D eigenvalue weighted by Gasteiger charge is -2.20. The van der Waals surface area contributed by atoms with Crippen molar-refractivity contribution >= 4 is 17.5 Å². The Balaban J connectivity index is 1.72. The summed E-state index contributed by atoms with van der Waals surface area (Å²) in [5.74, 6) is -5.11. The molecule has 0 aliphatic carbocycles. The predicted octanol–water partition coefficient (Wildman–Crippen LogP) is 3.08. The molecule has 0 bridgehead atoms. The highest BCUT2D eigenvalue weighted by atomic mass is 19.3. The van der Waals surface area contributed by atoms with E-state index in [1.165, 1.54) is 31.5 Å². The van der Waals surface area contributed by atoms with Crippen molar-refractivity contribution in [1.82, 2.24) is 15.1 Å². The number of aryl methyl sites for hydroxylation is 1. The molecule has 1 aromatic heterocycles. The molecule has 38 heavy (non-hydrogen) atoms. The van der Waals surface area contributed by atoms with E-state index in [1.807, 2.05) is 0 Å². The molecule has 4 rings (SSSR count). The number of benzene rings is 2. The predicted molar refractivity (Wildman–Crippen MR) is 127 cm³/mol. The number of carbonyl (C=O) groups is 2. The normalized spacial score (nSPS) is 17.1. The van der Waals surface area contributed by atoms with Crippen LogP contribution in [0.3, 0.4) is 0 Å². The van der Waals surface area contributed by atoms with Gasteiger partial charge in [-0.2, -0.15) is 13.9 Å². The summed E-state index contributed by atoms with van der Waals surface area (Å²) in [7, 11) is 1.23. The lowest BCUT2D eigenvalue weighted by molar-refractivity contribution is -0.118. The molecule has 2 aromatic carbocycles. The SMILES string of the molecule is CCn1nccc(N2C[C@@H](c3c(F)cc(OC)cc3F)[C@H](NC(=O)c3ccc(OC(F)F)cc3)C2=O)c1=O. The van der Waals surface area contributed by atoms with Gasteiger partial charge in [0.15, 0.2) is 0 Å². The Labute approximate surface area is 213 Å². The summed E-state index contributed by atoms with van der Waals surface area (Å²) >= 11 is 0. The van der Waals surface area contributed by atoms with Crippen LogP contribution in [-0.2, 0) is 11.3 Å². The average Bonchev–Trinajstić information content (AvgIpc) is 3.18.